The Morgan fingerprint density at radius 2 is 1.59 bits per heavy atom. The van der Waals surface area contributed by atoms with Gasteiger partial charge in [0, 0.05) is 12.5 Å². The molecule has 1 N–H and O–H groups in total. The highest BCUT2D eigenvalue weighted by molar-refractivity contribution is 6.53. The predicted octanol–water partition coefficient (Wildman–Crippen LogP) is 3.93. The first-order chi connectivity index (χ1) is 10.6. The molecule has 2 atom stereocenters. The van der Waals surface area contributed by atoms with Crippen molar-refractivity contribution in [3.8, 4) is 0 Å². The fourth-order valence-electron chi connectivity index (χ4n) is 2.81. The van der Waals surface area contributed by atoms with Crippen LogP contribution >= 0.6 is 23.2 Å². The van der Waals surface area contributed by atoms with E-state index in [2.05, 4.69) is 5.32 Å². The zero-order chi connectivity index (χ0) is 15.6. The molecule has 0 bridgehead atoms. The Morgan fingerprint density at radius 1 is 1.00 bits per heavy atom. The molecule has 0 saturated heterocycles. The van der Waals surface area contributed by atoms with Crippen LogP contribution in [0.5, 0.6) is 0 Å². The van der Waals surface area contributed by atoms with Gasteiger partial charge in [-0.2, -0.15) is 0 Å². The van der Waals surface area contributed by atoms with Crippen molar-refractivity contribution in [2.75, 3.05) is 6.54 Å². The second-order valence-corrected chi connectivity index (χ2v) is 7.01. The van der Waals surface area contributed by atoms with Gasteiger partial charge in [0.1, 0.15) is 4.33 Å². The molecule has 3 rings (SSSR count). The van der Waals surface area contributed by atoms with E-state index in [9.17, 15) is 4.79 Å². The molecule has 114 valence electrons. The molecule has 2 aromatic carbocycles. The van der Waals surface area contributed by atoms with E-state index in [0.29, 0.717) is 6.54 Å². The predicted molar refractivity (Wildman–Crippen MR) is 90.3 cm³/mol. The van der Waals surface area contributed by atoms with Gasteiger partial charge >= 0.3 is 0 Å². The summed E-state index contributed by atoms with van der Waals surface area (Å²) in [7, 11) is 0. The molecule has 1 aliphatic carbocycles. The number of amides is 1. The zero-order valence-corrected chi connectivity index (χ0v) is 13.5. The first-order valence-electron chi connectivity index (χ1n) is 7.35. The highest BCUT2D eigenvalue weighted by atomic mass is 35.5. The Kier molecular flexibility index (Phi) is 4.42. The summed E-state index contributed by atoms with van der Waals surface area (Å²) in [6.07, 6.45) is 0.798. The number of carbonyl (C=O) groups excluding carboxylic acids is 1. The lowest BCUT2D eigenvalue weighted by Crippen LogP contribution is -2.28. The number of nitrogens with one attached hydrogen (secondary N) is 1. The van der Waals surface area contributed by atoms with Crippen LogP contribution in [0, 0.1) is 5.92 Å². The lowest BCUT2D eigenvalue weighted by Gasteiger charge is -2.05. The summed E-state index contributed by atoms with van der Waals surface area (Å²) in [5, 5.41) is 2.94. The Bertz CT molecular complexity index is 643. The maximum atomic E-state index is 12.3. The van der Waals surface area contributed by atoms with Crippen LogP contribution in [-0.2, 0) is 11.2 Å². The Labute approximate surface area is 140 Å². The molecular weight excluding hydrogens is 317 g/mol. The highest BCUT2D eigenvalue weighted by Gasteiger charge is 2.67. The third kappa shape index (κ3) is 3.13. The van der Waals surface area contributed by atoms with Gasteiger partial charge in [0.25, 0.3) is 0 Å². The summed E-state index contributed by atoms with van der Waals surface area (Å²) < 4.78 is -1.00. The second kappa shape index (κ2) is 6.31. The molecule has 0 aromatic heterocycles. The summed E-state index contributed by atoms with van der Waals surface area (Å²) in [5.41, 5.74) is 2.21. The minimum Gasteiger partial charge on any atom is -0.355 e. The van der Waals surface area contributed by atoms with E-state index in [1.165, 1.54) is 5.56 Å². The van der Waals surface area contributed by atoms with Crippen LogP contribution in [0.2, 0.25) is 0 Å². The fraction of sp³-hybridized carbons (Fsp3) is 0.278. The van der Waals surface area contributed by atoms with E-state index in [0.717, 1.165) is 12.0 Å². The van der Waals surface area contributed by atoms with E-state index in [1.54, 1.807) is 0 Å². The highest BCUT2D eigenvalue weighted by Crippen LogP contribution is 2.64. The van der Waals surface area contributed by atoms with Crippen LogP contribution in [0.15, 0.2) is 60.7 Å². The SMILES string of the molecule is O=C(NCCc1ccccc1)[C@@H]1[C@H](c2ccccc2)C1(Cl)Cl. The second-order valence-electron chi connectivity index (χ2n) is 5.57. The summed E-state index contributed by atoms with van der Waals surface area (Å²) in [5.74, 6) is -0.586. The molecule has 1 fully saturated rings. The van der Waals surface area contributed by atoms with Crippen molar-refractivity contribution in [3.05, 3.63) is 71.8 Å². The van der Waals surface area contributed by atoms with Crippen molar-refractivity contribution < 1.29 is 4.79 Å². The van der Waals surface area contributed by atoms with Crippen molar-refractivity contribution in [1.29, 1.82) is 0 Å². The Balaban J connectivity index is 1.57. The normalized spacial score (nSPS) is 22.1. The van der Waals surface area contributed by atoms with Gasteiger partial charge in [-0.25, -0.2) is 0 Å². The smallest absolute Gasteiger partial charge is 0.226 e. The van der Waals surface area contributed by atoms with Crippen molar-refractivity contribution in [2.24, 2.45) is 5.92 Å². The van der Waals surface area contributed by atoms with Crippen LogP contribution in [0.4, 0.5) is 0 Å². The Hall–Kier alpha value is -1.51. The molecule has 0 aliphatic heterocycles. The number of carbonyl (C=O) groups is 1. The van der Waals surface area contributed by atoms with Crippen molar-refractivity contribution in [2.45, 2.75) is 16.7 Å². The standard InChI is InChI=1S/C18H17Cl2NO/c19-18(20)15(14-9-5-2-6-10-14)16(18)17(22)21-12-11-13-7-3-1-4-8-13/h1-10,15-16H,11-12H2,(H,21,22)/t15-,16-/m0/s1. The third-order valence-corrected chi connectivity index (χ3v) is 4.99. The van der Waals surface area contributed by atoms with Crippen LogP contribution < -0.4 is 5.32 Å². The maximum Gasteiger partial charge on any atom is 0.226 e. The van der Waals surface area contributed by atoms with E-state index < -0.39 is 4.33 Å². The van der Waals surface area contributed by atoms with E-state index in [4.69, 9.17) is 23.2 Å². The minimum absolute atomic E-state index is 0.0743. The molecule has 4 heteroatoms. The number of hydrogen-bond acceptors (Lipinski definition) is 1. The first-order valence-corrected chi connectivity index (χ1v) is 8.10. The number of rotatable bonds is 5. The zero-order valence-electron chi connectivity index (χ0n) is 12.0. The minimum atomic E-state index is -1.00. The Morgan fingerprint density at radius 3 is 2.23 bits per heavy atom. The largest absolute Gasteiger partial charge is 0.355 e. The molecule has 0 heterocycles. The monoisotopic (exact) mass is 333 g/mol. The summed E-state index contributed by atoms with van der Waals surface area (Å²) in [6, 6.07) is 19.8. The average molecular weight is 334 g/mol. The van der Waals surface area contributed by atoms with Gasteiger partial charge in [-0.3, -0.25) is 4.79 Å². The van der Waals surface area contributed by atoms with Gasteiger partial charge in [-0.05, 0) is 17.5 Å². The third-order valence-electron chi connectivity index (χ3n) is 4.05. The molecule has 1 aliphatic rings. The lowest BCUT2D eigenvalue weighted by atomic mass is 10.1. The fourth-order valence-corrected chi connectivity index (χ4v) is 3.64. The number of benzene rings is 2. The van der Waals surface area contributed by atoms with Gasteiger partial charge in [-0.1, -0.05) is 60.7 Å². The van der Waals surface area contributed by atoms with Crippen LogP contribution in [-0.4, -0.2) is 16.8 Å². The maximum absolute atomic E-state index is 12.3. The first kappa shape index (κ1) is 15.4. The number of halogens is 2. The van der Waals surface area contributed by atoms with Gasteiger partial charge < -0.3 is 5.32 Å². The average Bonchev–Trinajstić information content (AvgIpc) is 3.12. The van der Waals surface area contributed by atoms with Gasteiger partial charge in [0.2, 0.25) is 5.91 Å². The topological polar surface area (TPSA) is 29.1 Å². The van der Waals surface area contributed by atoms with Crippen LogP contribution in [0.25, 0.3) is 0 Å². The van der Waals surface area contributed by atoms with Crippen molar-refractivity contribution in [3.63, 3.8) is 0 Å². The molecule has 22 heavy (non-hydrogen) atoms. The number of alkyl halides is 2. The quantitative estimate of drug-likeness (QED) is 0.825. The lowest BCUT2D eigenvalue weighted by molar-refractivity contribution is -0.122. The van der Waals surface area contributed by atoms with Crippen molar-refractivity contribution in [1.82, 2.24) is 5.32 Å². The van der Waals surface area contributed by atoms with Gasteiger partial charge in [0.15, 0.2) is 0 Å². The summed E-state index contributed by atoms with van der Waals surface area (Å²) >= 11 is 12.6. The van der Waals surface area contributed by atoms with Crippen molar-refractivity contribution >= 4 is 29.1 Å². The van der Waals surface area contributed by atoms with Crippen LogP contribution in [0.3, 0.4) is 0 Å². The van der Waals surface area contributed by atoms with E-state index in [-0.39, 0.29) is 17.7 Å². The van der Waals surface area contributed by atoms with Gasteiger partial charge in [-0.15, -0.1) is 23.2 Å². The molecule has 2 nitrogen and oxygen atoms in total. The van der Waals surface area contributed by atoms with Gasteiger partial charge in [0.05, 0.1) is 5.92 Å². The summed E-state index contributed by atoms with van der Waals surface area (Å²) in [4.78, 5) is 12.3. The molecule has 0 unspecified atom stereocenters. The molecule has 1 saturated carbocycles. The number of hydrogen-bond donors (Lipinski definition) is 1. The molecule has 0 radical (unpaired) electrons. The molecule has 1 amide bonds. The molecular formula is C18H17Cl2NO. The van der Waals surface area contributed by atoms with E-state index in [1.807, 2.05) is 60.7 Å². The van der Waals surface area contributed by atoms with E-state index >= 15 is 0 Å². The van der Waals surface area contributed by atoms with Crippen LogP contribution in [0.1, 0.15) is 17.0 Å². The molecule has 2 aromatic rings. The molecule has 0 spiro atoms. The summed E-state index contributed by atoms with van der Waals surface area (Å²) in [6.45, 7) is 0.588.